The van der Waals surface area contributed by atoms with Gasteiger partial charge in [0.2, 0.25) is 0 Å². The molecule has 2 aromatic rings. The van der Waals surface area contributed by atoms with Crippen LogP contribution in [-0.4, -0.2) is 22.7 Å². The van der Waals surface area contributed by atoms with E-state index >= 15 is 0 Å². The number of nitrogens with one attached hydrogen (secondary N) is 1. The monoisotopic (exact) mass is 418 g/mol. The molecule has 0 saturated carbocycles. The van der Waals surface area contributed by atoms with Gasteiger partial charge in [-0.1, -0.05) is 21.9 Å². The van der Waals surface area contributed by atoms with Gasteiger partial charge in [0.15, 0.2) is 0 Å². The van der Waals surface area contributed by atoms with Crippen molar-refractivity contribution in [1.29, 1.82) is 0 Å². The molecule has 0 aliphatic carbocycles. The second-order valence-electron chi connectivity index (χ2n) is 4.76. The summed E-state index contributed by atoms with van der Waals surface area (Å²) >= 11 is 3.32. The Kier molecular flexibility index (Phi) is 6.24. The number of halogens is 1. The van der Waals surface area contributed by atoms with E-state index in [1.165, 1.54) is 12.3 Å². The lowest BCUT2D eigenvalue weighted by molar-refractivity contribution is -0.393. The summed E-state index contributed by atoms with van der Waals surface area (Å²) in [5.74, 6) is 2.83. The van der Waals surface area contributed by atoms with Crippen molar-refractivity contribution in [3.05, 3.63) is 66.7 Å². The Hall–Kier alpha value is -3.45. The molecule has 1 N–H and O–H groups in total. The smallest absolute Gasteiger partial charge is 0.301 e. The van der Waals surface area contributed by atoms with Crippen LogP contribution >= 0.6 is 15.9 Å². The summed E-state index contributed by atoms with van der Waals surface area (Å²) in [6.07, 6.45) is 6.56. The van der Waals surface area contributed by atoms with Crippen molar-refractivity contribution in [2.24, 2.45) is 5.10 Å². The molecule has 0 fully saturated rings. The largest absolute Gasteiger partial charge is 0.480 e. The Morgan fingerprint density at radius 2 is 2.00 bits per heavy atom. The zero-order valence-corrected chi connectivity index (χ0v) is 14.7. The van der Waals surface area contributed by atoms with Gasteiger partial charge in [0.05, 0.1) is 22.1 Å². The maximum absolute atomic E-state index is 11.1. The number of nitro benzene ring substituents is 2. The van der Waals surface area contributed by atoms with Crippen LogP contribution in [0.1, 0.15) is 5.56 Å². The standard InChI is InChI=1S/C16H11BrN4O5/c1-2-7-26-16-6-3-12(17)8-11(16)10-18-19-14-5-4-13(20(22)23)9-15(14)21(24)25/h1,3-6,8-10,19H,7H2/b18-10-. The van der Waals surface area contributed by atoms with E-state index in [1.807, 2.05) is 0 Å². The summed E-state index contributed by atoms with van der Waals surface area (Å²) in [6, 6.07) is 8.39. The molecular weight excluding hydrogens is 408 g/mol. The molecule has 9 nitrogen and oxygen atoms in total. The highest BCUT2D eigenvalue weighted by molar-refractivity contribution is 9.10. The third-order valence-corrected chi connectivity index (χ3v) is 3.55. The summed E-state index contributed by atoms with van der Waals surface area (Å²) in [5, 5.41) is 25.8. The number of hydrogen-bond acceptors (Lipinski definition) is 7. The topological polar surface area (TPSA) is 120 Å². The molecule has 0 unspecified atom stereocenters. The van der Waals surface area contributed by atoms with E-state index in [9.17, 15) is 20.2 Å². The van der Waals surface area contributed by atoms with Crippen molar-refractivity contribution in [2.45, 2.75) is 0 Å². The van der Waals surface area contributed by atoms with Gasteiger partial charge in [-0.2, -0.15) is 5.10 Å². The van der Waals surface area contributed by atoms with Gasteiger partial charge in [-0.15, -0.1) is 6.42 Å². The van der Waals surface area contributed by atoms with E-state index in [-0.39, 0.29) is 18.0 Å². The average Bonchev–Trinajstić information content (AvgIpc) is 2.61. The summed E-state index contributed by atoms with van der Waals surface area (Å²) in [6.45, 7) is 0.0731. The highest BCUT2D eigenvalue weighted by Gasteiger charge is 2.19. The van der Waals surface area contributed by atoms with Crippen LogP contribution < -0.4 is 10.2 Å². The number of hydrogen-bond donors (Lipinski definition) is 1. The Balaban J connectivity index is 2.26. The molecule has 0 saturated heterocycles. The second kappa shape index (κ2) is 8.59. The summed E-state index contributed by atoms with van der Waals surface area (Å²) < 4.78 is 6.16. The molecule has 10 heteroatoms. The number of anilines is 1. The second-order valence-corrected chi connectivity index (χ2v) is 5.68. The van der Waals surface area contributed by atoms with Crippen LogP contribution in [0.3, 0.4) is 0 Å². The number of ether oxygens (including phenoxy) is 1. The molecule has 0 spiro atoms. The van der Waals surface area contributed by atoms with Crippen molar-refractivity contribution in [3.63, 3.8) is 0 Å². The van der Waals surface area contributed by atoms with Gasteiger partial charge < -0.3 is 4.74 Å². The van der Waals surface area contributed by atoms with Crippen LogP contribution in [0.2, 0.25) is 0 Å². The van der Waals surface area contributed by atoms with E-state index in [0.29, 0.717) is 11.3 Å². The van der Waals surface area contributed by atoms with Gasteiger partial charge in [-0.3, -0.25) is 25.7 Å². The predicted molar refractivity (Wildman–Crippen MR) is 99.4 cm³/mol. The zero-order valence-electron chi connectivity index (χ0n) is 13.1. The maximum atomic E-state index is 11.1. The lowest BCUT2D eigenvalue weighted by Crippen LogP contribution is -2.00. The van der Waals surface area contributed by atoms with Crippen LogP contribution in [0.4, 0.5) is 17.1 Å². The molecule has 132 valence electrons. The molecule has 2 aromatic carbocycles. The first-order valence-corrected chi connectivity index (χ1v) is 7.79. The van der Waals surface area contributed by atoms with Crippen molar-refractivity contribution >= 4 is 39.2 Å². The number of nitrogens with zero attached hydrogens (tertiary/aromatic N) is 3. The van der Waals surface area contributed by atoms with Gasteiger partial charge in [-0.25, -0.2) is 0 Å². The molecule has 0 radical (unpaired) electrons. The highest BCUT2D eigenvalue weighted by atomic mass is 79.9. The molecule has 0 atom stereocenters. The number of terminal acetylenes is 1. The summed E-state index contributed by atoms with van der Waals surface area (Å²) in [7, 11) is 0. The molecule has 2 rings (SSSR count). The number of nitro groups is 2. The minimum absolute atomic E-state index is 0.0120. The first-order chi connectivity index (χ1) is 12.4. The lowest BCUT2D eigenvalue weighted by atomic mass is 10.2. The van der Waals surface area contributed by atoms with E-state index in [1.54, 1.807) is 18.2 Å². The minimum atomic E-state index is -0.731. The van der Waals surface area contributed by atoms with Crippen LogP contribution in [0.5, 0.6) is 5.75 Å². The van der Waals surface area contributed by atoms with E-state index in [2.05, 4.69) is 32.4 Å². The van der Waals surface area contributed by atoms with Crippen LogP contribution in [-0.2, 0) is 0 Å². The van der Waals surface area contributed by atoms with Gasteiger partial charge in [0.25, 0.3) is 5.69 Å². The van der Waals surface area contributed by atoms with Crippen LogP contribution in [0.15, 0.2) is 46.0 Å². The first-order valence-electron chi connectivity index (χ1n) is 7.00. The van der Waals surface area contributed by atoms with E-state index < -0.39 is 15.5 Å². The lowest BCUT2D eigenvalue weighted by Gasteiger charge is -2.07. The number of hydrazone groups is 1. The quantitative estimate of drug-likeness (QED) is 0.316. The van der Waals surface area contributed by atoms with Gasteiger partial charge in [-0.05, 0) is 24.3 Å². The third-order valence-electron chi connectivity index (χ3n) is 3.06. The van der Waals surface area contributed by atoms with Gasteiger partial charge in [0, 0.05) is 16.1 Å². The fraction of sp³-hybridized carbons (Fsp3) is 0.0625. The Bertz CT molecular complexity index is 923. The molecule has 0 aromatic heterocycles. The first kappa shape index (κ1) is 18.9. The van der Waals surface area contributed by atoms with Crippen LogP contribution in [0.25, 0.3) is 0 Å². The number of benzene rings is 2. The van der Waals surface area contributed by atoms with Crippen molar-refractivity contribution in [2.75, 3.05) is 12.0 Å². The zero-order chi connectivity index (χ0) is 19.1. The molecule has 0 heterocycles. The van der Waals surface area contributed by atoms with Crippen molar-refractivity contribution < 1.29 is 14.6 Å². The molecule has 0 aliphatic rings. The molecule has 0 bridgehead atoms. The summed E-state index contributed by atoms with van der Waals surface area (Å²) in [5.41, 5.74) is 2.24. The molecule has 26 heavy (non-hydrogen) atoms. The fourth-order valence-electron chi connectivity index (χ4n) is 1.92. The Morgan fingerprint density at radius 3 is 2.65 bits per heavy atom. The van der Waals surface area contributed by atoms with E-state index in [0.717, 1.165) is 16.6 Å². The van der Waals surface area contributed by atoms with Gasteiger partial charge in [0.1, 0.15) is 18.0 Å². The highest BCUT2D eigenvalue weighted by Crippen LogP contribution is 2.29. The Morgan fingerprint density at radius 1 is 1.23 bits per heavy atom. The fourth-order valence-corrected chi connectivity index (χ4v) is 2.30. The SMILES string of the molecule is C#CCOc1ccc(Br)cc1/C=N\Nc1ccc([N+](=O)[O-])cc1[N+](=O)[O-]. The third kappa shape index (κ3) is 4.78. The predicted octanol–water partition coefficient (Wildman–Crippen LogP) is 3.72. The maximum Gasteiger partial charge on any atom is 0.301 e. The van der Waals surface area contributed by atoms with Gasteiger partial charge >= 0.3 is 5.69 Å². The number of rotatable bonds is 7. The number of non-ortho nitro benzene ring substituents is 1. The average molecular weight is 419 g/mol. The molecule has 0 aliphatic heterocycles. The van der Waals surface area contributed by atoms with E-state index in [4.69, 9.17) is 11.2 Å². The van der Waals surface area contributed by atoms with Crippen molar-refractivity contribution in [3.8, 4) is 18.1 Å². The normalized spacial score (nSPS) is 10.3. The molecule has 0 amide bonds. The molecular formula is C16H11BrN4O5. The van der Waals surface area contributed by atoms with Crippen molar-refractivity contribution in [1.82, 2.24) is 0 Å². The minimum Gasteiger partial charge on any atom is -0.480 e. The van der Waals surface area contributed by atoms with Crippen LogP contribution in [0, 0.1) is 32.6 Å². The summed E-state index contributed by atoms with van der Waals surface area (Å²) in [4.78, 5) is 20.4. The Labute approximate surface area is 156 Å².